The van der Waals surface area contributed by atoms with Crippen molar-refractivity contribution in [2.75, 3.05) is 0 Å². The molecule has 1 aromatic carbocycles. The third-order valence-corrected chi connectivity index (χ3v) is 2.82. The summed E-state index contributed by atoms with van der Waals surface area (Å²) in [7, 11) is 0. The van der Waals surface area contributed by atoms with Crippen molar-refractivity contribution in [3.05, 3.63) is 64.4 Å². The van der Waals surface area contributed by atoms with Crippen LogP contribution in [0.2, 0.25) is 5.02 Å². The SMILES string of the molecule is OCc1nccc(Cl)c1Cc1ccccc1. The zero-order valence-electron chi connectivity index (χ0n) is 8.73. The van der Waals surface area contributed by atoms with E-state index >= 15 is 0 Å². The maximum atomic E-state index is 9.20. The first-order chi connectivity index (χ1) is 7.81. The fraction of sp³-hybridized carbons (Fsp3) is 0.154. The van der Waals surface area contributed by atoms with Crippen molar-refractivity contribution in [1.82, 2.24) is 4.98 Å². The van der Waals surface area contributed by atoms with Crippen LogP contribution in [0.5, 0.6) is 0 Å². The van der Waals surface area contributed by atoms with Gasteiger partial charge in [-0.25, -0.2) is 0 Å². The van der Waals surface area contributed by atoms with Crippen molar-refractivity contribution in [2.24, 2.45) is 0 Å². The molecular weight excluding hydrogens is 222 g/mol. The maximum Gasteiger partial charge on any atom is 0.0856 e. The molecule has 0 aliphatic heterocycles. The van der Waals surface area contributed by atoms with E-state index in [0.29, 0.717) is 17.1 Å². The number of pyridine rings is 1. The van der Waals surface area contributed by atoms with Crippen LogP contribution >= 0.6 is 11.6 Å². The average Bonchev–Trinajstić information content (AvgIpc) is 2.33. The summed E-state index contributed by atoms with van der Waals surface area (Å²) in [4.78, 5) is 4.12. The van der Waals surface area contributed by atoms with Gasteiger partial charge in [-0.05, 0) is 17.2 Å². The molecule has 0 fully saturated rings. The van der Waals surface area contributed by atoms with Crippen LogP contribution in [-0.2, 0) is 13.0 Å². The van der Waals surface area contributed by atoms with Gasteiger partial charge in [0.15, 0.2) is 0 Å². The van der Waals surface area contributed by atoms with Gasteiger partial charge in [0, 0.05) is 17.6 Å². The summed E-state index contributed by atoms with van der Waals surface area (Å²) in [6, 6.07) is 11.8. The fourth-order valence-corrected chi connectivity index (χ4v) is 1.86. The molecule has 82 valence electrons. The number of aliphatic hydroxyl groups excluding tert-OH is 1. The van der Waals surface area contributed by atoms with E-state index in [9.17, 15) is 5.11 Å². The minimum Gasteiger partial charge on any atom is -0.390 e. The first-order valence-electron chi connectivity index (χ1n) is 5.08. The van der Waals surface area contributed by atoms with Crippen LogP contribution < -0.4 is 0 Å². The lowest BCUT2D eigenvalue weighted by Gasteiger charge is -2.08. The fourth-order valence-electron chi connectivity index (χ4n) is 1.63. The Kier molecular flexibility index (Phi) is 3.54. The van der Waals surface area contributed by atoms with Crippen molar-refractivity contribution in [3.8, 4) is 0 Å². The number of benzene rings is 1. The molecule has 0 bridgehead atoms. The third-order valence-electron chi connectivity index (χ3n) is 2.46. The summed E-state index contributed by atoms with van der Waals surface area (Å²) >= 11 is 6.11. The van der Waals surface area contributed by atoms with Crippen LogP contribution in [0.3, 0.4) is 0 Å². The van der Waals surface area contributed by atoms with Crippen molar-refractivity contribution in [3.63, 3.8) is 0 Å². The highest BCUT2D eigenvalue weighted by Crippen LogP contribution is 2.21. The van der Waals surface area contributed by atoms with Crippen molar-refractivity contribution < 1.29 is 5.11 Å². The van der Waals surface area contributed by atoms with Crippen LogP contribution in [0.4, 0.5) is 0 Å². The Balaban J connectivity index is 2.34. The van der Waals surface area contributed by atoms with Gasteiger partial charge < -0.3 is 5.11 Å². The zero-order valence-corrected chi connectivity index (χ0v) is 9.48. The molecule has 0 aliphatic carbocycles. The molecule has 0 unspecified atom stereocenters. The number of nitrogens with zero attached hydrogens (tertiary/aromatic N) is 1. The topological polar surface area (TPSA) is 33.1 Å². The molecule has 0 aliphatic rings. The van der Waals surface area contributed by atoms with E-state index < -0.39 is 0 Å². The van der Waals surface area contributed by atoms with Gasteiger partial charge in [-0.15, -0.1) is 0 Å². The number of hydrogen-bond acceptors (Lipinski definition) is 2. The lowest BCUT2D eigenvalue weighted by molar-refractivity contribution is 0.275. The highest BCUT2D eigenvalue weighted by Gasteiger charge is 2.08. The Morgan fingerprint density at radius 1 is 1.12 bits per heavy atom. The van der Waals surface area contributed by atoms with Gasteiger partial charge in [0.05, 0.1) is 12.3 Å². The van der Waals surface area contributed by atoms with Crippen LogP contribution in [0.15, 0.2) is 42.6 Å². The highest BCUT2D eigenvalue weighted by molar-refractivity contribution is 6.31. The van der Waals surface area contributed by atoms with Crippen LogP contribution in [0, 0.1) is 0 Å². The molecule has 0 saturated carbocycles. The second-order valence-corrected chi connectivity index (χ2v) is 3.95. The summed E-state index contributed by atoms with van der Waals surface area (Å²) in [6.45, 7) is -0.0806. The summed E-state index contributed by atoms with van der Waals surface area (Å²) in [5.41, 5.74) is 2.71. The molecule has 2 aromatic rings. The monoisotopic (exact) mass is 233 g/mol. The van der Waals surface area contributed by atoms with Crippen molar-refractivity contribution in [2.45, 2.75) is 13.0 Å². The molecule has 0 spiro atoms. The second-order valence-electron chi connectivity index (χ2n) is 3.54. The molecule has 1 N–H and O–H groups in total. The van der Waals surface area contributed by atoms with E-state index in [1.165, 1.54) is 0 Å². The van der Waals surface area contributed by atoms with E-state index in [-0.39, 0.29) is 6.61 Å². The van der Waals surface area contributed by atoms with Gasteiger partial charge in [-0.2, -0.15) is 0 Å². The van der Waals surface area contributed by atoms with Crippen LogP contribution in [0.25, 0.3) is 0 Å². The van der Waals surface area contributed by atoms with Gasteiger partial charge in [-0.1, -0.05) is 41.9 Å². The molecule has 0 atom stereocenters. The molecule has 3 heteroatoms. The van der Waals surface area contributed by atoms with E-state index in [1.807, 2.05) is 30.3 Å². The molecule has 0 radical (unpaired) electrons. The smallest absolute Gasteiger partial charge is 0.0856 e. The van der Waals surface area contributed by atoms with E-state index in [1.54, 1.807) is 12.3 Å². The first kappa shape index (κ1) is 11.1. The first-order valence-corrected chi connectivity index (χ1v) is 5.46. The third kappa shape index (κ3) is 2.40. The van der Waals surface area contributed by atoms with E-state index in [2.05, 4.69) is 4.98 Å². The second kappa shape index (κ2) is 5.10. The Labute approximate surface area is 99.5 Å². The Morgan fingerprint density at radius 2 is 1.88 bits per heavy atom. The number of aromatic nitrogens is 1. The summed E-state index contributed by atoms with van der Waals surface area (Å²) in [5, 5.41) is 9.86. The molecule has 1 heterocycles. The number of aliphatic hydroxyl groups is 1. The predicted octanol–water partition coefficient (Wildman–Crippen LogP) is 2.82. The van der Waals surface area contributed by atoms with Gasteiger partial charge in [0.25, 0.3) is 0 Å². The Morgan fingerprint density at radius 3 is 2.56 bits per heavy atom. The van der Waals surface area contributed by atoms with Gasteiger partial charge in [0.1, 0.15) is 0 Å². The van der Waals surface area contributed by atoms with Gasteiger partial charge in [0.2, 0.25) is 0 Å². The molecule has 0 amide bonds. The number of rotatable bonds is 3. The quantitative estimate of drug-likeness (QED) is 0.885. The maximum absolute atomic E-state index is 9.20. The van der Waals surface area contributed by atoms with Crippen LogP contribution in [0.1, 0.15) is 16.8 Å². The molecule has 16 heavy (non-hydrogen) atoms. The standard InChI is InChI=1S/C13H12ClNO/c14-12-6-7-15-13(9-16)11(12)8-10-4-2-1-3-5-10/h1-7,16H,8-9H2. The predicted molar refractivity (Wildman–Crippen MR) is 64.4 cm³/mol. The van der Waals surface area contributed by atoms with Gasteiger partial charge >= 0.3 is 0 Å². The normalized spacial score (nSPS) is 10.4. The minimum atomic E-state index is -0.0806. The zero-order chi connectivity index (χ0) is 11.4. The number of hydrogen-bond donors (Lipinski definition) is 1. The average molecular weight is 234 g/mol. The molecular formula is C13H12ClNO. The lowest BCUT2D eigenvalue weighted by atomic mass is 10.0. The van der Waals surface area contributed by atoms with Gasteiger partial charge in [-0.3, -0.25) is 4.98 Å². The Hall–Kier alpha value is -1.38. The molecule has 2 rings (SSSR count). The lowest BCUT2D eigenvalue weighted by Crippen LogP contribution is -1.99. The summed E-state index contributed by atoms with van der Waals surface area (Å²) < 4.78 is 0. The van der Waals surface area contributed by atoms with Crippen LogP contribution in [-0.4, -0.2) is 10.1 Å². The van der Waals surface area contributed by atoms with E-state index in [0.717, 1.165) is 11.1 Å². The van der Waals surface area contributed by atoms with E-state index in [4.69, 9.17) is 11.6 Å². The minimum absolute atomic E-state index is 0.0806. The number of halogens is 1. The molecule has 1 aromatic heterocycles. The molecule has 0 saturated heterocycles. The molecule has 2 nitrogen and oxygen atoms in total. The summed E-state index contributed by atoms with van der Waals surface area (Å²) in [6.07, 6.45) is 2.31. The van der Waals surface area contributed by atoms with Crippen molar-refractivity contribution in [1.29, 1.82) is 0 Å². The van der Waals surface area contributed by atoms with Crippen molar-refractivity contribution >= 4 is 11.6 Å². The summed E-state index contributed by atoms with van der Waals surface area (Å²) in [5.74, 6) is 0. The highest BCUT2D eigenvalue weighted by atomic mass is 35.5. The largest absolute Gasteiger partial charge is 0.390 e. The Bertz CT molecular complexity index is 471.